The number of rotatable bonds is 7. The highest BCUT2D eigenvalue weighted by atomic mass is 35.5. The third-order valence-corrected chi connectivity index (χ3v) is 9.11. The number of ether oxygens (including phenoxy) is 1. The van der Waals surface area contributed by atoms with Crippen molar-refractivity contribution in [2.75, 3.05) is 30.0 Å². The number of nitrogens with one attached hydrogen (secondary N) is 1. The van der Waals surface area contributed by atoms with Crippen LogP contribution >= 0.6 is 11.6 Å². The number of piperazine rings is 1. The van der Waals surface area contributed by atoms with Crippen LogP contribution in [0.15, 0.2) is 18.2 Å². The van der Waals surface area contributed by atoms with Crippen molar-refractivity contribution in [3.05, 3.63) is 40.4 Å². The fraction of sp³-hybridized carbons (Fsp3) is 0.607. The molecule has 222 valence electrons. The lowest BCUT2D eigenvalue weighted by Gasteiger charge is -2.52. The highest BCUT2D eigenvalue weighted by Crippen LogP contribution is 2.51. The van der Waals surface area contributed by atoms with Crippen molar-refractivity contribution < 1.29 is 17.9 Å². The van der Waals surface area contributed by atoms with E-state index in [1.165, 1.54) is 6.07 Å². The maximum absolute atomic E-state index is 14.1. The molecular formula is C28H36ClF3N8O. The zero-order valence-electron chi connectivity index (χ0n) is 23.5. The molecule has 4 heterocycles. The summed E-state index contributed by atoms with van der Waals surface area (Å²) in [6.07, 6.45) is 1.73. The summed E-state index contributed by atoms with van der Waals surface area (Å²) in [5.74, 6) is 4.11. The Bertz CT molecular complexity index is 1420. The van der Waals surface area contributed by atoms with Crippen LogP contribution in [-0.2, 0) is 11.3 Å². The summed E-state index contributed by atoms with van der Waals surface area (Å²) in [5.41, 5.74) is 4.74. The van der Waals surface area contributed by atoms with Crippen LogP contribution in [0.25, 0.3) is 11.2 Å². The molecule has 3 fully saturated rings. The van der Waals surface area contributed by atoms with E-state index >= 15 is 0 Å². The Morgan fingerprint density at radius 3 is 2.61 bits per heavy atom. The van der Waals surface area contributed by atoms with E-state index in [1.807, 2.05) is 6.92 Å². The number of nitrogens with zero attached hydrogens (tertiary/aromatic N) is 6. The number of hydrazine groups is 1. The largest absolute Gasteiger partial charge is 0.376 e. The minimum atomic E-state index is -2.68. The van der Waals surface area contributed by atoms with E-state index < -0.39 is 11.7 Å². The summed E-state index contributed by atoms with van der Waals surface area (Å²) in [6, 6.07) is 4.18. The zero-order chi connectivity index (χ0) is 29.1. The summed E-state index contributed by atoms with van der Waals surface area (Å²) in [7, 11) is 0. The van der Waals surface area contributed by atoms with Gasteiger partial charge in [-0.25, -0.2) is 24.0 Å². The maximum atomic E-state index is 14.1. The second-order valence-corrected chi connectivity index (χ2v) is 12.2. The zero-order valence-corrected chi connectivity index (χ0v) is 24.2. The molecule has 2 unspecified atom stereocenters. The number of nitrogens with two attached hydrogens (primary N) is 1. The number of halogens is 4. The van der Waals surface area contributed by atoms with E-state index in [9.17, 15) is 13.2 Å². The van der Waals surface area contributed by atoms with Crippen LogP contribution in [0.3, 0.4) is 0 Å². The predicted molar refractivity (Wildman–Crippen MR) is 152 cm³/mol. The van der Waals surface area contributed by atoms with Gasteiger partial charge in [-0.1, -0.05) is 17.7 Å². The average molecular weight is 593 g/mol. The molecule has 0 spiro atoms. The number of imidazole rings is 1. The second-order valence-electron chi connectivity index (χ2n) is 11.8. The number of hydrogen-bond acceptors (Lipinski definition) is 8. The van der Waals surface area contributed by atoms with E-state index in [0.717, 1.165) is 30.8 Å². The number of anilines is 2. The topological polar surface area (TPSA) is 97.4 Å². The SMILES string of the molecule is Cc1nc2c(N3C[C@@H](C)N(C(c4ccc(F)c(Cl)c4)C4CC(F)(F)C4)C[C@@H]3C)nc(NN)nc2n1CC1CCCO1. The van der Waals surface area contributed by atoms with Crippen LogP contribution in [-0.4, -0.2) is 68.2 Å². The smallest absolute Gasteiger partial charge is 0.248 e. The Morgan fingerprint density at radius 2 is 1.95 bits per heavy atom. The molecule has 1 saturated carbocycles. The van der Waals surface area contributed by atoms with Gasteiger partial charge in [-0.15, -0.1) is 0 Å². The van der Waals surface area contributed by atoms with Gasteiger partial charge in [0.2, 0.25) is 11.9 Å². The van der Waals surface area contributed by atoms with Gasteiger partial charge in [0.05, 0.1) is 17.7 Å². The molecule has 6 rings (SSSR count). The molecule has 13 heteroatoms. The van der Waals surface area contributed by atoms with Crippen LogP contribution < -0.4 is 16.2 Å². The lowest BCUT2D eigenvalue weighted by molar-refractivity contribution is -0.137. The molecule has 2 saturated heterocycles. The van der Waals surface area contributed by atoms with Gasteiger partial charge in [-0.2, -0.15) is 9.97 Å². The highest BCUT2D eigenvalue weighted by molar-refractivity contribution is 6.30. The van der Waals surface area contributed by atoms with Crippen molar-refractivity contribution in [3.8, 4) is 0 Å². The molecule has 0 bridgehead atoms. The number of aromatic nitrogens is 4. The quantitative estimate of drug-likeness (QED) is 0.290. The molecule has 3 aromatic rings. The summed E-state index contributed by atoms with van der Waals surface area (Å²) in [5, 5.41) is -0.00271. The monoisotopic (exact) mass is 592 g/mol. The number of aryl methyl sites for hydroxylation is 1. The van der Waals surface area contributed by atoms with Gasteiger partial charge in [-0.3, -0.25) is 10.3 Å². The van der Waals surface area contributed by atoms with E-state index in [-0.39, 0.29) is 48.0 Å². The van der Waals surface area contributed by atoms with Gasteiger partial charge < -0.3 is 14.2 Å². The van der Waals surface area contributed by atoms with E-state index in [2.05, 4.69) is 38.6 Å². The molecule has 4 atom stereocenters. The second kappa shape index (κ2) is 10.9. The van der Waals surface area contributed by atoms with Crippen LogP contribution in [0.1, 0.15) is 57.0 Å². The summed E-state index contributed by atoms with van der Waals surface area (Å²) < 4.78 is 50.1. The molecule has 3 N–H and O–H groups in total. The molecule has 41 heavy (non-hydrogen) atoms. The molecule has 0 amide bonds. The Kier molecular flexibility index (Phi) is 7.54. The number of fused-ring (bicyclic) bond motifs is 1. The lowest BCUT2D eigenvalue weighted by atomic mass is 9.73. The van der Waals surface area contributed by atoms with Gasteiger partial charge in [-0.05, 0) is 57.2 Å². The van der Waals surface area contributed by atoms with Gasteiger partial charge in [0.1, 0.15) is 11.6 Å². The minimum Gasteiger partial charge on any atom is -0.376 e. The van der Waals surface area contributed by atoms with Gasteiger partial charge >= 0.3 is 0 Å². The Morgan fingerprint density at radius 1 is 1.17 bits per heavy atom. The van der Waals surface area contributed by atoms with E-state index in [4.69, 9.17) is 32.1 Å². The van der Waals surface area contributed by atoms with Gasteiger partial charge in [0, 0.05) is 50.7 Å². The Labute approximate surface area is 242 Å². The van der Waals surface area contributed by atoms with E-state index in [1.54, 1.807) is 12.1 Å². The number of alkyl halides is 2. The van der Waals surface area contributed by atoms with Crippen LogP contribution in [0, 0.1) is 18.7 Å². The summed E-state index contributed by atoms with van der Waals surface area (Å²) in [6.45, 7) is 8.68. The third-order valence-electron chi connectivity index (χ3n) is 8.82. The summed E-state index contributed by atoms with van der Waals surface area (Å²) in [4.78, 5) is 18.7. The fourth-order valence-corrected chi connectivity index (χ4v) is 6.96. The van der Waals surface area contributed by atoms with E-state index in [0.29, 0.717) is 42.6 Å². The van der Waals surface area contributed by atoms with Crippen molar-refractivity contribution in [1.82, 2.24) is 24.4 Å². The standard InChI is InChI=1S/C28H36ClF3N8O/c1-15-13-39(25-23-26(36-27(35-25)37-33)40(17(3)34-23)14-20-5-4-8-41-20)16(2)12-38(15)24(19-10-28(31,32)11-19)18-6-7-22(30)21(29)9-18/h6-7,9,15-16,19-20,24H,4-5,8,10-14,33H2,1-3H3,(H,35,36,37)/t15-,16+,20?,24?/m1/s1. The highest BCUT2D eigenvalue weighted by Gasteiger charge is 2.51. The number of benzene rings is 1. The average Bonchev–Trinajstić information content (AvgIpc) is 3.54. The van der Waals surface area contributed by atoms with Crippen LogP contribution in [0.4, 0.5) is 24.9 Å². The molecule has 2 aromatic heterocycles. The molecule has 2 aliphatic heterocycles. The molecule has 3 aliphatic rings. The van der Waals surface area contributed by atoms with Crippen LogP contribution in [0.2, 0.25) is 5.02 Å². The fourth-order valence-electron chi connectivity index (χ4n) is 6.77. The first-order valence-electron chi connectivity index (χ1n) is 14.2. The first kappa shape index (κ1) is 28.4. The molecule has 9 nitrogen and oxygen atoms in total. The predicted octanol–water partition coefficient (Wildman–Crippen LogP) is 5.08. The number of hydrogen-bond donors (Lipinski definition) is 2. The van der Waals surface area contributed by atoms with Crippen molar-refractivity contribution in [3.63, 3.8) is 0 Å². The molecular weight excluding hydrogens is 557 g/mol. The minimum absolute atomic E-state index is 0.00271. The lowest BCUT2D eigenvalue weighted by Crippen LogP contribution is -2.59. The molecule has 1 aromatic carbocycles. The van der Waals surface area contributed by atoms with Crippen molar-refractivity contribution in [1.29, 1.82) is 0 Å². The Hall–Kier alpha value is -2.67. The van der Waals surface area contributed by atoms with Crippen molar-refractivity contribution in [2.45, 2.75) is 83.2 Å². The van der Waals surface area contributed by atoms with Gasteiger partial charge in [0.15, 0.2) is 17.0 Å². The van der Waals surface area contributed by atoms with Gasteiger partial charge in [0.25, 0.3) is 0 Å². The Balaban J connectivity index is 1.32. The van der Waals surface area contributed by atoms with Crippen LogP contribution in [0.5, 0.6) is 0 Å². The first-order chi connectivity index (χ1) is 19.5. The molecule has 0 radical (unpaired) electrons. The third kappa shape index (κ3) is 5.35. The number of nitrogen functional groups attached to an aromatic ring is 1. The van der Waals surface area contributed by atoms with Crippen molar-refractivity contribution in [2.24, 2.45) is 11.8 Å². The maximum Gasteiger partial charge on any atom is 0.248 e. The summed E-state index contributed by atoms with van der Waals surface area (Å²) >= 11 is 6.14. The normalized spacial score (nSPS) is 26.0. The van der Waals surface area contributed by atoms with Crippen molar-refractivity contribution >= 4 is 34.5 Å². The molecule has 1 aliphatic carbocycles. The first-order valence-corrected chi connectivity index (χ1v) is 14.6.